The van der Waals surface area contributed by atoms with Crippen molar-refractivity contribution in [1.82, 2.24) is 10.2 Å². The van der Waals surface area contributed by atoms with Crippen LogP contribution in [0.1, 0.15) is 56.1 Å². The number of unbranched alkanes of at least 4 members (excludes halogenated alkanes) is 4. The molecule has 2 aromatic rings. The van der Waals surface area contributed by atoms with Crippen molar-refractivity contribution in [3.8, 4) is 0 Å². The number of nitrogens with one attached hydrogen (secondary N) is 1. The summed E-state index contributed by atoms with van der Waals surface area (Å²) in [6.07, 6.45) is 4.58. The quantitative estimate of drug-likeness (QED) is 0.177. The summed E-state index contributed by atoms with van der Waals surface area (Å²) >= 11 is 0. The van der Waals surface area contributed by atoms with Crippen LogP contribution in [0.5, 0.6) is 0 Å². The number of benzene rings is 2. The zero-order valence-electron chi connectivity index (χ0n) is 21.6. The number of carbonyl (C=O) groups is 2. The molecule has 2 rings (SSSR count). The highest BCUT2D eigenvalue weighted by Crippen LogP contribution is 2.16. The molecule has 0 aromatic heterocycles. The topological polar surface area (TPSA) is 67.9 Å². The van der Waals surface area contributed by atoms with Crippen LogP contribution in [-0.4, -0.2) is 50.1 Å². The second kappa shape index (κ2) is 16.8. The van der Waals surface area contributed by atoms with Crippen molar-refractivity contribution in [2.24, 2.45) is 0 Å². The predicted molar refractivity (Wildman–Crippen MR) is 135 cm³/mol. The lowest BCUT2D eigenvalue weighted by atomic mass is 10.1. The van der Waals surface area contributed by atoms with E-state index in [1.165, 1.54) is 6.07 Å². The Morgan fingerprint density at radius 2 is 1.59 bits per heavy atom. The molecule has 2 aromatic carbocycles. The van der Waals surface area contributed by atoms with Gasteiger partial charge in [0.1, 0.15) is 6.61 Å². The van der Waals surface area contributed by atoms with Gasteiger partial charge in [0.15, 0.2) is 17.5 Å². The molecule has 204 valence electrons. The largest absolute Gasteiger partial charge is 0.461 e. The first-order chi connectivity index (χ1) is 17.8. The highest BCUT2D eigenvalue weighted by molar-refractivity contribution is 5.77. The maximum Gasteiger partial charge on any atom is 0.308 e. The number of amides is 1. The van der Waals surface area contributed by atoms with Crippen LogP contribution in [0.4, 0.5) is 13.2 Å². The average Bonchev–Trinajstić information content (AvgIpc) is 2.86. The van der Waals surface area contributed by atoms with Crippen molar-refractivity contribution < 1.29 is 32.2 Å². The van der Waals surface area contributed by atoms with Gasteiger partial charge < -0.3 is 19.7 Å². The summed E-state index contributed by atoms with van der Waals surface area (Å²) in [4.78, 5) is 26.6. The zero-order chi connectivity index (χ0) is 27.0. The number of hydrogen-bond donors (Lipinski definition) is 1. The number of nitrogens with zero attached hydrogens (tertiary/aromatic N) is 1. The minimum absolute atomic E-state index is 0.0121. The van der Waals surface area contributed by atoms with E-state index in [1.54, 1.807) is 0 Å². The Balaban J connectivity index is 1.57. The Morgan fingerprint density at radius 1 is 0.892 bits per heavy atom. The molecule has 0 aliphatic heterocycles. The SMILES string of the molecule is CN(C)CC(CC(=O)OCc1ccccc1)NC(=O)CCCCCCCOCc1ccc(F)c(F)c1F. The molecule has 0 spiro atoms. The summed E-state index contributed by atoms with van der Waals surface area (Å²) in [6.45, 7) is 0.998. The Labute approximate surface area is 217 Å². The van der Waals surface area contributed by atoms with E-state index in [1.807, 2.05) is 49.3 Å². The number of likely N-dealkylation sites (N-methyl/N-ethyl adjacent to an activating group) is 1. The highest BCUT2D eigenvalue weighted by Gasteiger charge is 2.18. The van der Waals surface area contributed by atoms with Gasteiger partial charge in [-0.1, -0.05) is 55.7 Å². The van der Waals surface area contributed by atoms with Crippen molar-refractivity contribution in [3.05, 3.63) is 71.0 Å². The summed E-state index contributed by atoms with van der Waals surface area (Å²) < 4.78 is 50.4. The molecule has 1 atom stereocenters. The van der Waals surface area contributed by atoms with Gasteiger partial charge in [0, 0.05) is 25.1 Å². The van der Waals surface area contributed by atoms with Crippen LogP contribution in [-0.2, 0) is 32.3 Å². The fraction of sp³-hybridized carbons (Fsp3) is 0.500. The zero-order valence-corrected chi connectivity index (χ0v) is 21.6. The van der Waals surface area contributed by atoms with E-state index in [2.05, 4.69) is 5.32 Å². The normalized spacial score (nSPS) is 11.9. The fourth-order valence-electron chi connectivity index (χ4n) is 3.78. The standard InChI is InChI=1S/C28H37F3N2O4/c1-33(2)18-23(17-26(35)37-19-21-11-7-6-8-12-21)32-25(34)13-9-4-3-5-10-16-36-20-22-14-15-24(29)28(31)27(22)30/h6-8,11-12,14-15,23H,3-5,9-10,13,16-20H2,1-2H3,(H,32,34). The minimum atomic E-state index is -1.49. The molecular weight excluding hydrogens is 485 g/mol. The number of ether oxygens (including phenoxy) is 2. The fourth-order valence-corrected chi connectivity index (χ4v) is 3.78. The van der Waals surface area contributed by atoms with Crippen molar-refractivity contribution in [1.29, 1.82) is 0 Å². The second-order valence-electron chi connectivity index (χ2n) is 9.28. The third-order valence-electron chi connectivity index (χ3n) is 5.67. The third kappa shape index (κ3) is 12.3. The van der Waals surface area contributed by atoms with Gasteiger partial charge in [0.05, 0.1) is 19.1 Å². The molecule has 6 nitrogen and oxygen atoms in total. The predicted octanol–water partition coefficient (Wildman–Crippen LogP) is 5.14. The molecule has 0 radical (unpaired) electrons. The molecule has 1 N–H and O–H groups in total. The molecule has 0 saturated heterocycles. The highest BCUT2D eigenvalue weighted by atomic mass is 19.2. The lowest BCUT2D eigenvalue weighted by Gasteiger charge is -2.22. The maximum absolute atomic E-state index is 13.6. The van der Waals surface area contributed by atoms with E-state index in [4.69, 9.17) is 9.47 Å². The molecule has 9 heteroatoms. The molecule has 0 aliphatic carbocycles. The van der Waals surface area contributed by atoms with Gasteiger partial charge in [0.2, 0.25) is 5.91 Å². The number of esters is 1. The smallest absolute Gasteiger partial charge is 0.308 e. The Morgan fingerprint density at radius 3 is 2.32 bits per heavy atom. The van der Waals surface area contributed by atoms with Crippen molar-refractivity contribution in [2.75, 3.05) is 27.2 Å². The summed E-state index contributed by atoms with van der Waals surface area (Å²) in [6, 6.07) is 11.2. The number of carbonyl (C=O) groups excluding carboxylic acids is 2. The molecule has 0 fully saturated rings. The molecule has 0 saturated carbocycles. The Bertz CT molecular complexity index is 973. The van der Waals surface area contributed by atoms with E-state index in [0.717, 1.165) is 43.7 Å². The number of rotatable bonds is 17. The van der Waals surface area contributed by atoms with E-state index < -0.39 is 17.5 Å². The first-order valence-electron chi connectivity index (χ1n) is 12.6. The average molecular weight is 523 g/mol. The number of halogens is 3. The summed E-state index contributed by atoms with van der Waals surface area (Å²) in [5.74, 6) is -4.37. The van der Waals surface area contributed by atoms with Crippen LogP contribution in [0.25, 0.3) is 0 Å². The monoisotopic (exact) mass is 522 g/mol. The molecule has 0 aliphatic rings. The lowest BCUT2D eigenvalue weighted by Crippen LogP contribution is -2.43. The Hall–Kier alpha value is -2.91. The van der Waals surface area contributed by atoms with Crippen LogP contribution >= 0.6 is 0 Å². The van der Waals surface area contributed by atoms with E-state index in [0.29, 0.717) is 19.6 Å². The van der Waals surface area contributed by atoms with Gasteiger partial charge in [0.25, 0.3) is 0 Å². The van der Waals surface area contributed by atoms with E-state index in [9.17, 15) is 22.8 Å². The van der Waals surface area contributed by atoms with E-state index in [-0.39, 0.29) is 43.1 Å². The summed E-state index contributed by atoms with van der Waals surface area (Å²) in [5.41, 5.74) is 0.898. The first kappa shape index (κ1) is 30.3. The van der Waals surface area contributed by atoms with Gasteiger partial charge in [-0.05, 0) is 38.6 Å². The summed E-state index contributed by atoms with van der Waals surface area (Å²) in [7, 11) is 3.76. The molecule has 1 unspecified atom stereocenters. The van der Waals surface area contributed by atoms with Gasteiger partial charge in [-0.2, -0.15) is 0 Å². The molecular formula is C28H37F3N2O4. The van der Waals surface area contributed by atoms with Gasteiger partial charge >= 0.3 is 5.97 Å². The maximum atomic E-state index is 13.6. The minimum Gasteiger partial charge on any atom is -0.461 e. The molecule has 0 bridgehead atoms. The second-order valence-corrected chi connectivity index (χ2v) is 9.28. The van der Waals surface area contributed by atoms with Crippen LogP contribution in [0.2, 0.25) is 0 Å². The van der Waals surface area contributed by atoms with Gasteiger partial charge in [-0.15, -0.1) is 0 Å². The molecule has 37 heavy (non-hydrogen) atoms. The van der Waals surface area contributed by atoms with Crippen LogP contribution in [0.15, 0.2) is 42.5 Å². The van der Waals surface area contributed by atoms with Gasteiger partial charge in [-0.25, -0.2) is 13.2 Å². The Kier molecular flexibility index (Phi) is 13.7. The van der Waals surface area contributed by atoms with Gasteiger partial charge in [-0.3, -0.25) is 9.59 Å². The first-order valence-corrected chi connectivity index (χ1v) is 12.6. The van der Waals surface area contributed by atoms with Crippen molar-refractivity contribution in [3.63, 3.8) is 0 Å². The van der Waals surface area contributed by atoms with Crippen molar-refractivity contribution in [2.45, 2.75) is 64.2 Å². The third-order valence-corrected chi connectivity index (χ3v) is 5.67. The molecule has 1 amide bonds. The van der Waals surface area contributed by atoms with Crippen LogP contribution < -0.4 is 5.32 Å². The van der Waals surface area contributed by atoms with Crippen LogP contribution in [0.3, 0.4) is 0 Å². The van der Waals surface area contributed by atoms with E-state index >= 15 is 0 Å². The summed E-state index contributed by atoms with van der Waals surface area (Å²) in [5, 5.41) is 2.94. The molecule has 0 heterocycles. The number of hydrogen-bond acceptors (Lipinski definition) is 5. The van der Waals surface area contributed by atoms with Crippen molar-refractivity contribution >= 4 is 11.9 Å². The van der Waals surface area contributed by atoms with Crippen LogP contribution in [0, 0.1) is 17.5 Å². The lowest BCUT2D eigenvalue weighted by molar-refractivity contribution is -0.145.